The fourth-order valence-corrected chi connectivity index (χ4v) is 3.72. The molecule has 128 valence electrons. The fourth-order valence-electron chi connectivity index (χ4n) is 2.59. The second-order valence-electron chi connectivity index (χ2n) is 5.47. The van der Waals surface area contributed by atoms with Gasteiger partial charge in [0.1, 0.15) is 11.0 Å². The third-order valence-electron chi connectivity index (χ3n) is 3.81. The average molecular weight is 355 g/mol. The van der Waals surface area contributed by atoms with Gasteiger partial charge in [-0.1, -0.05) is 42.5 Å². The van der Waals surface area contributed by atoms with Crippen molar-refractivity contribution in [3.05, 3.63) is 72.0 Å². The van der Waals surface area contributed by atoms with Crippen LogP contribution in [-0.4, -0.2) is 29.3 Å². The normalized spacial score (nSPS) is 17.2. The van der Waals surface area contributed by atoms with Gasteiger partial charge in [0.2, 0.25) is 5.91 Å². The molecule has 6 heteroatoms. The van der Waals surface area contributed by atoms with Gasteiger partial charge < -0.3 is 14.7 Å². The Morgan fingerprint density at radius 3 is 2.60 bits per heavy atom. The molecule has 0 aromatic heterocycles. The fraction of sp³-hybridized carbons (Fsp3) is 0.158. The number of benzene rings is 2. The summed E-state index contributed by atoms with van der Waals surface area (Å²) in [5.74, 6) is -1.28. The van der Waals surface area contributed by atoms with Gasteiger partial charge in [-0.25, -0.2) is 4.79 Å². The van der Waals surface area contributed by atoms with E-state index in [1.165, 1.54) is 18.9 Å². The monoisotopic (exact) mass is 355 g/mol. The average Bonchev–Trinajstić information content (AvgIpc) is 2.64. The van der Waals surface area contributed by atoms with Crippen LogP contribution in [-0.2, 0) is 20.9 Å². The highest BCUT2D eigenvalue weighted by atomic mass is 32.2. The van der Waals surface area contributed by atoms with Gasteiger partial charge in [0.15, 0.2) is 0 Å². The Hall–Kier alpha value is -2.73. The molecule has 3 rings (SSSR count). The summed E-state index contributed by atoms with van der Waals surface area (Å²) in [7, 11) is 1.22. The van der Waals surface area contributed by atoms with Crippen molar-refractivity contribution in [1.29, 1.82) is 0 Å². The minimum Gasteiger partial charge on any atom is -0.510 e. The van der Waals surface area contributed by atoms with Gasteiger partial charge in [0.25, 0.3) is 0 Å². The molecular formula is C19H17NO4S. The molecule has 0 fully saturated rings. The summed E-state index contributed by atoms with van der Waals surface area (Å²) in [5, 5.41) is 9.37. The Morgan fingerprint density at radius 1 is 1.20 bits per heavy atom. The van der Waals surface area contributed by atoms with E-state index in [1.54, 1.807) is 4.90 Å². The number of fused-ring (bicyclic) bond motifs is 1. The lowest BCUT2D eigenvalue weighted by atomic mass is 10.1. The maximum Gasteiger partial charge on any atom is 0.333 e. The zero-order valence-corrected chi connectivity index (χ0v) is 14.4. The highest BCUT2D eigenvalue weighted by Crippen LogP contribution is 2.41. The number of para-hydroxylation sites is 1. The van der Waals surface area contributed by atoms with Crippen molar-refractivity contribution < 1.29 is 19.4 Å². The van der Waals surface area contributed by atoms with Crippen LogP contribution >= 0.6 is 11.8 Å². The summed E-state index contributed by atoms with van der Waals surface area (Å²) in [5.41, 5.74) is 1.77. The van der Waals surface area contributed by atoms with Crippen molar-refractivity contribution in [2.45, 2.75) is 16.7 Å². The molecule has 1 aliphatic rings. The third-order valence-corrected chi connectivity index (χ3v) is 5.09. The van der Waals surface area contributed by atoms with E-state index in [9.17, 15) is 14.7 Å². The molecule has 0 aliphatic carbocycles. The van der Waals surface area contributed by atoms with E-state index < -0.39 is 11.2 Å². The van der Waals surface area contributed by atoms with E-state index >= 15 is 0 Å². The summed E-state index contributed by atoms with van der Waals surface area (Å²) in [6, 6.07) is 17.1. The van der Waals surface area contributed by atoms with Crippen LogP contribution in [0.25, 0.3) is 0 Å². The number of anilines is 1. The van der Waals surface area contributed by atoms with Crippen LogP contribution < -0.4 is 4.90 Å². The summed E-state index contributed by atoms with van der Waals surface area (Å²) >= 11 is 1.22. The van der Waals surface area contributed by atoms with Gasteiger partial charge >= 0.3 is 5.97 Å². The third kappa shape index (κ3) is 3.69. The van der Waals surface area contributed by atoms with Crippen molar-refractivity contribution in [3.8, 4) is 0 Å². The number of thioether (sulfide) groups is 1. The van der Waals surface area contributed by atoms with Crippen LogP contribution in [0, 0.1) is 0 Å². The predicted octanol–water partition coefficient (Wildman–Crippen LogP) is 3.31. The molecule has 5 nitrogen and oxygen atoms in total. The number of amides is 1. The standard InChI is InChI=1S/C19H17NO4S/c1-24-17(22)11-15(21)18-19(23)20(12-13-7-3-2-4-8-13)14-9-5-6-10-16(14)25-18/h2-11,18,21H,12H2,1H3/b15-11-. The Labute approximate surface area is 149 Å². The minimum absolute atomic E-state index is 0.273. The number of carbonyl (C=O) groups excluding carboxylic acids is 2. The largest absolute Gasteiger partial charge is 0.510 e. The molecule has 1 amide bonds. The topological polar surface area (TPSA) is 66.8 Å². The smallest absolute Gasteiger partial charge is 0.333 e. The highest BCUT2D eigenvalue weighted by Gasteiger charge is 2.36. The van der Waals surface area contributed by atoms with E-state index in [0.717, 1.165) is 22.2 Å². The minimum atomic E-state index is -0.877. The van der Waals surface area contributed by atoms with Crippen LogP contribution in [0.3, 0.4) is 0 Å². The number of methoxy groups -OCH3 is 1. The van der Waals surface area contributed by atoms with Gasteiger partial charge in [-0.15, -0.1) is 11.8 Å². The SMILES string of the molecule is COC(=O)/C=C(\O)C1Sc2ccccc2N(Cc2ccccc2)C1=O. The number of ether oxygens (including phenoxy) is 1. The molecule has 1 atom stereocenters. The number of esters is 1. The number of aliphatic hydroxyl groups is 1. The van der Waals surface area contributed by atoms with Crippen LogP contribution in [0.15, 0.2) is 71.3 Å². The van der Waals surface area contributed by atoms with Gasteiger partial charge in [-0.3, -0.25) is 4.79 Å². The molecule has 0 saturated heterocycles. The second kappa shape index (κ2) is 7.44. The van der Waals surface area contributed by atoms with Crippen molar-refractivity contribution in [2.75, 3.05) is 12.0 Å². The lowest BCUT2D eigenvalue weighted by Gasteiger charge is -2.33. The number of hydrogen-bond donors (Lipinski definition) is 1. The number of hydrogen-bond acceptors (Lipinski definition) is 5. The molecule has 2 aromatic carbocycles. The Kier molecular flexibility index (Phi) is 5.09. The first kappa shape index (κ1) is 17.1. The summed E-state index contributed by atoms with van der Waals surface area (Å²) in [6.45, 7) is 0.388. The predicted molar refractivity (Wildman–Crippen MR) is 96.4 cm³/mol. The molecule has 2 aromatic rings. The quantitative estimate of drug-likeness (QED) is 0.518. The number of nitrogens with zero attached hydrogens (tertiary/aromatic N) is 1. The van der Waals surface area contributed by atoms with E-state index in [0.29, 0.717) is 6.54 Å². The summed E-state index contributed by atoms with van der Waals surface area (Å²) in [4.78, 5) is 26.9. The number of aliphatic hydroxyl groups excluding tert-OH is 1. The summed E-state index contributed by atoms with van der Waals surface area (Å²) < 4.78 is 4.53. The van der Waals surface area contributed by atoms with Crippen molar-refractivity contribution in [3.63, 3.8) is 0 Å². The van der Waals surface area contributed by atoms with Gasteiger partial charge in [0, 0.05) is 4.90 Å². The van der Waals surface area contributed by atoms with Crippen molar-refractivity contribution in [1.82, 2.24) is 0 Å². The molecule has 1 N–H and O–H groups in total. The Morgan fingerprint density at radius 2 is 1.88 bits per heavy atom. The molecule has 1 unspecified atom stereocenters. The summed E-state index contributed by atoms with van der Waals surface area (Å²) in [6.07, 6.45) is 0.949. The number of carbonyl (C=O) groups is 2. The zero-order valence-electron chi connectivity index (χ0n) is 13.6. The first-order valence-electron chi connectivity index (χ1n) is 7.69. The van der Waals surface area contributed by atoms with E-state index in [1.807, 2.05) is 54.6 Å². The van der Waals surface area contributed by atoms with Crippen LogP contribution in [0.2, 0.25) is 0 Å². The molecule has 0 radical (unpaired) electrons. The lowest BCUT2D eigenvalue weighted by molar-refractivity contribution is -0.135. The van der Waals surface area contributed by atoms with Crippen molar-refractivity contribution >= 4 is 29.3 Å². The van der Waals surface area contributed by atoms with E-state index in [2.05, 4.69) is 4.74 Å². The van der Waals surface area contributed by atoms with Gasteiger partial charge in [0.05, 0.1) is 25.4 Å². The Balaban J connectivity index is 1.97. The lowest BCUT2D eigenvalue weighted by Crippen LogP contribution is -2.41. The maximum atomic E-state index is 13.0. The second-order valence-corrected chi connectivity index (χ2v) is 6.61. The molecular weight excluding hydrogens is 338 g/mol. The van der Waals surface area contributed by atoms with Crippen molar-refractivity contribution in [2.24, 2.45) is 0 Å². The first-order chi connectivity index (χ1) is 12.1. The molecule has 25 heavy (non-hydrogen) atoms. The molecule has 0 saturated carbocycles. The molecule has 1 aliphatic heterocycles. The number of rotatable bonds is 4. The van der Waals surface area contributed by atoms with E-state index in [-0.39, 0.29) is 11.7 Å². The highest BCUT2D eigenvalue weighted by molar-refractivity contribution is 8.01. The molecule has 0 bridgehead atoms. The molecule has 1 heterocycles. The van der Waals surface area contributed by atoms with Crippen LogP contribution in [0.5, 0.6) is 0 Å². The van der Waals surface area contributed by atoms with Gasteiger partial charge in [-0.05, 0) is 17.7 Å². The van der Waals surface area contributed by atoms with Gasteiger partial charge in [-0.2, -0.15) is 0 Å². The van der Waals surface area contributed by atoms with Crippen LogP contribution in [0.1, 0.15) is 5.56 Å². The van der Waals surface area contributed by atoms with E-state index in [4.69, 9.17) is 0 Å². The first-order valence-corrected chi connectivity index (χ1v) is 8.57. The maximum absolute atomic E-state index is 13.0. The Bertz CT molecular complexity index is 819. The zero-order chi connectivity index (χ0) is 17.8. The van der Waals surface area contributed by atoms with Crippen LogP contribution in [0.4, 0.5) is 5.69 Å². The molecule has 0 spiro atoms.